The second kappa shape index (κ2) is 7.99. The maximum atomic E-state index is 12.3. The Balaban J connectivity index is 1.32. The van der Waals surface area contributed by atoms with Crippen molar-refractivity contribution in [2.75, 3.05) is 13.1 Å². The van der Waals surface area contributed by atoms with E-state index in [-0.39, 0.29) is 11.9 Å². The van der Waals surface area contributed by atoms with E-state index in [0.29, 0.717) is 18.5 Å². The van der Waals surface area contributed by atoms with Crippen LogP contribution in [-0.4, -0.2) is 56.3 Å². The second-order valence-electron chi connectivity index (χ2n) is 6.65. The van der Waals surface area contributed by atoms with E-state index < -0.39 is 6.10 Å². The summed E-state index contributed by atoms with van der Waals surface area (Å²) in [6, 6.07) is 9.37. The average molecular weight is 383 g/mol. The summed E-state index contributed by atoms with van der Waals surface area (Å²) in [6.45, 7) is 2.15. The van der Waals surface area contributed by atoms with Gasteiger partial charge in [-0.1, -0.05) is 0 Å². The van der Waals surface area contributed by atoms with E-state index in [1.54, 1.807) is 35.9 Å². The Kier molecular flexibility index (Phi) is 5.28. The first kappa shape index (κ1) is 17.8. The highest BCUT2D eigenvalue weighted by atomic mass is 32.1. The maximum Gasteiger partial charge on any atom is 0.253 e. The first-order valence-corrected chi connectivity index (χ1v) is 9.70. The summed E-state index contributed by atoms with van der Waals surface area (Å²) in [7, 11) is 0. The number of rotatable bonds is 5. The lowest BCUT2D eigenvalue weighted by Gasteiger charge is -2.36. The number of thiophene rings is 1. The predicted molar refractivity (Wildman–Crippen MR) is 103 cm³/mol. The number of pyridine rings is 1. The zero-order valence-electron chi connectivity index (χ0n) is 14.7. The molecule has 1 amide bonds. The normalized spacial score (nSPS) is 20.5. The summed E-state index contributed by atoms with van der Waals surface area (Å²) < 4.78 is 0. The number of aliphatic hydroxyl groups excluding tert-OH is 1. The van der Waals surface area contributed by atoms with Crippen LogP contribution in [-0.2, 0) is 6.54 Å². The second-order valence-corrected chi connectivity index (χ2v) is 7.82. The van der Waals surface area contributed by atoms with E-state index in [9.17, 15) is 9.90 Å². The topological polar surface area (TPSA) is 94.1 Å². The molecule has 7 nitrogen and oxygen atoms in total. The fraction of sp³-hybridized carbons (Fsp3) is 0.316. The molecule has 3 aromatic rings. The summed E-state index contributed by atoms with van der Waals surface area (Å²) in [5, 5.41) is 20.4. The van der Waals surface area contributed by atoms with Crippen molar-refractivity contribution < 1.29 is 9.90 Å². The van der Waals surface area contributed by atoms with E-state index in [1.807, 2.05) is 6.07 Å². The van der Waals surface area contributed by atoms with Gasteiger partial charge in [0.1, 0.15) is 0 Å². The average Bonchev–Trinajstić information content (AvgIpc) is 3.36. The van der Waals surface area contributed by atoms with Gasteiger partial charge >= 0.3 is 0 Å². The quantitative estimate of drug-likeness (QED) is 0.626. The van der Waals surface area contributed by atoms with E-state index >= 15 is 0 Å². The first-order valence-electron chi connectivity index (χ1n) is 8.89. The smallest absolute Gasteiger partial charge is 0.253 e. The predicted octanol–water partition coefficient (Wildman–Crippen LogP) is 1.90. The Morgan fingerprint density at radius 1 is 1.33 bits per heavy atom. The molecular weight excluding hydrogens is 362 g/mol. The van der Waals surface area contributed by atoms with Gasteiger partial charge in [0.2, 0.25) is 0 Å². The van der Waals surface area contributed by atoms with Gasteiger partial charge in [0, 0.05) is 43.1 Å². The molecule has 4 rings (SSSR count). The van der Waals surface area contributed by atoms with Crippen LogP contribution in [0.4, 0.5) is 0 Å². The van der Waals surface area contributed by atoms with Crippen LogP contribution < -0.4 is 5.32 Å². The molecule has 4 heterocycles. The van der Waals surface area contributed by atoms with Crippen LogP contribution in [0.2, 0.25) is 0 Å². The number of piperidine rings is 1. The molecule has 0 spiro atoms. The largest absolute Gasteiger partial charge is 0.390 e. The number of carbonyl (C=O) groups is 1. The minimum Gasteiger partial charge on any atom is -0.390 e. The Bertz CT molecular complexity index is 881. The van der Waals surface area contributed by atoms with Crippen molar-refractivity contribution in [2.45, 2.75) is 25.1 Å². The van der Waals surface area contributed by atoms with Crippen LogP contribution in [0.5, 0.6) is 0 Å². The van der Waals surface area contributed by atoms with E-state index in [4.69, 9.17) is 0 Å². The number of nitrogens with zero attached hydrogens (tertiary/aromatic N) is 3. The molecule has 2 atom stereocenters. The lowest BCUT2D eigenvalue weighted by molar-refractivity contribution is 0.0353. The number of aromatic amines is 1. The third kappa shape index (κ3) is 4.24. The summed E-state index contributed by atoms with van der Waals surface area (Å²) in [5.74, 6) is -0.192. The number of H-pyrrole nitrogens is 1. The highest BCUT2D eigenvalue weighted by molar-refractivity contribution is 7.15. The highest BCUT2D eigenvalue weighted by Gasteiger charge is 2.29. The van der Waals surface area contributed by atoms with Crippen LogP contribution in [0, 0.1) is 0 Å². The van der Waals surface area contributed by atoms with Gasteiger partial charge in [0.05, 0.1) is 28.3 Å². The van der Waals surface area contributed by atoms with Crippen LogP contribution >= 0.6 is 11.3 Å². The first-order chi connectivity index (χ1) is 13.2. The summed E-state index contributed by atoms with van der Waals surface area (Å²) in [5.41, 5.74) is 1.53. The van der Waals surface area contributed by atoms with E-state index in [0.717, 1.165) is 23.7 Å². The van der Waals surface area contributed by atoms with Crippen molar-refractivity contribution in [3.05, 3.63) is 59.4 Å². The van der Waals surface area contributed by atoms with Gasteiger partial charge in [-0.15, -0.1) is 11.3 Å². The zero-order valence-corrected chi connectivity index (χ0v) is 15.5. The van der Waals surface area contributed by atoms with Gasteiger partial charge in [0.25, 0.3) is 5.91 Å². The molecule has 140 valence electrons. The van der Waals surface area contributed by atoms with E-state index in [1.165, 1.54) is 11.1 Å². The molecule has 1 aliphatic rings. The molecule has 3 aromatic heterocycles. The molecule has 27 heavy (non-hydrogen) atoms. The number of likely N-dealkylation sites (tertiary alicyclic amines) is 1. The number of hydrogen-bond donors (Lipinski definition) is 3. The summed E-state index contributed by atoms with van der Waals surface area (Å²) in [4.78, 5) is 20.8. The third-order valence-corrected chi connectivity index (χ3v) is 5.82. The minimum atomic E-state index is -0.591. The highest BCUT2D eigenvalue weighted by Crippen LogP contribution is 2.27. The van der Waals surface area contributed by atoms with Gasteiger partial charge in [-0.3, -0.25) is 19.8 Å². The van der Waals surface area contributed by atoms with Crippen molar-refractivity contribution in [3.8, 4) is 10.6 Å². The molecule has 0 radical (unpaired) electrons. The molecular formula is C19H21N5O2S. The van der Waals surface area contributed by atoms with Gasteiger partial charge in [-0.25, -0.2) is 0 Å². The number of amides is 1. The Labute approximate surface area is 161 Å². The van der Waals surface area contributed by atoms with Crippen molar-refractivity contribution in [3.63, 3.8) is 0 Å². The van der Waals surface area contributed by atoms with Crippen molar-refractivity contribution in [2.24, 2.45) is 0 Å². The maximum absolute atomic E-state index is 12.3. The molecule has 0 saturated carbocycles. The number of aliphatic hydroxyl groups is 1. The zero-order chi connectivity index (χ0) is 18.6. The van der Waals surface area contributed by atoms with Crippen LogP contribution in [0.3, 0.4) is 0 Å². The van der Waals surface area contributed by atoms with Crippen molar-refractivity contribution in [1.82, 2.24) is 25.4 Å². The van der Waals surface area contributed by atoms with Gasteiger partial charge in [-0.2, -0.15) is 5.10 Å². The lowest BCUT2D eigenvalue weighted by atomic mass is 10.0. The molecule has 0 aliphatic carbocycles. The lowest BCUT2D eigenvalue weighted by Crippen LogP contribution is -2.53. The van der Waals surface area contributed by atoms with Crippen molar-refractivity contribution >= 4 is 17.2 Å². The van der Waals surface area contributed by atoms with Gasteiger partial charge < -0.3 is 10.4 Å². The van der Waals surface area contributed by atoms with Crippen molar-refractivity contribution in [1.29, 1.82) is 0 Å². The van der Waals surface area contributed by atoms with Gasteiger partial charge in [-0.05, 0) is 36.8 Å². The number of carbonyl (C=O) groups excluding carboxylic acids is 1. The van der Waals surface area contributed by atoms with Gasteiger partial charge in [0.15, 0.2) is 0 Å². The summed E-state index contributed by atoms with van der Waals surface area (Å²) >= 11 is 1.72. The number of nitrogens with one attached hydrogen (secondary N) is 2. The Morgan fingerprint density at radius 3 is 3.00 bits per heavy atom. The fourth-order valence-electron chi connectivity index (χ4n) is 3.28. The Hall–Kier alpha value is -2.55. The number of hydrogen-bond acceptors (Lipinski definition) is 6. The molecule has 1 aliphatic heterocycles. The molecule has 1 fully saturated rings. The monoisotopic (exact) mass is 383 g/mol. The fourth-order valence-corrected chi connectivity index (χ4v) is 4.30. The molecule has 0 aromatic carbocycles. The molecule has 0 unspecified atom stereocenters. The Morgan fingerprint density at radius 2 is 2.26 bits per heavy atom. The molecule has 0 bridgehead atoms. The number of aromatic nitrogens is 3. The van der Waals surface area contributed by atoms with Crippen LogP contribution in [0.15, 0.2) is 48.9 Å². The SMILES string of the molecule is O=C(N[C@@H]1CCN(Cc2ccc(-c3ccn[nH]3)s2)C[C@H]1O)c1cccnc1. The number of β-amino-alcohol motifs (C(OH)–C–C–N with tert-alkyl or cyclic N) is 1. The molecule has 3 N–H and O–H groups in total. The third-order valence-electron chi connectivity index (χ3n) is 4.71. The minimum absolute atomic E-state index is 0.192. The van der Waals surface area contributed by atoms with Crippen LogP contribution in [0.1, 0.15) is 21.7 Å². The van der Waals surface area contributed by atoms with Crippen LogP contribution in [0.25, 0.3) is 10.6 Å². The molecule has 1 saturated heterocycles. The summed E-state index contributed by atoms with van der Waals surface area (Å²) in [6.07, 6.45) is 5.03. The standard InChI is InChI=1S/C19H21N5O2S/c25-17-12-24(11-14-3-4-18(27-14)16-5-8-21-23-16)9-6-15(17)22-19(26)13-2-1-7-20-10-13/h1-5,7-8,10,15,17,25H,6,9,11-12H2,(H,21,23)(H,22,26)/t15-,17-/m1/s1. The molecule has 8 heteroatoms. The van der Waals surface area contributed by atoms with E-state index in [2.05, 4.69) is 37.5 Å².